The molecule has 1 aliphatic heterocycles. The van der Waals surface area contributed by atoms with E-state index in [1.807, 2.05) is 0 Å². The van der Waals surface area contributed by atoms with Crippen molar-refractivity contribution >= 4 is 52.3 Å². The Hall–Kier alpha value is -2.09. The molecule has 0 spiro atoms. The monoisotopic (exact) mass is 396 g/mol. The Kier molecular flexibility index (Phi) is 4.99. The summed E-state index contributed by atoms with van der Waals surface area (Å²) in [6.45, 7) is 3.51. The van der Waals surface area contributed by atoms with Gasteiger partial charge in [0.25, 0.3) is 5.91 Å². The molecule has 0 bridgehead atoms. The van der Waals surface area contributed by atoms with E-state index < -0.39 is 6.04 Å². The highest BCUT2D eigenvalue weighted by Crippen LogP contribution is 2.35. The number of nitrogens with one attached hydrogen (secondary N) is 3. The molecule has 6 nitrogen and oxygen atoms in total. The van der Waals surface area contributed by atoms with E-state index in [4.69, 9.17) is 39.9 Å². The van der Waals surface area contributed by atoms with Gasteiger partial charge in [0.05, 0.1) is 21.7 Å². The minimum Gasteiger partial charge on any atom is -0.360 e. The maximum absolute atomic E-state index is 12.8. The topological polar surface area (TPSA) is 79.2 Å². The van der Waals surface area contributed by atoms with Crippen LogP contribution in [0.1, 0.15) is 24.3 Å². The molecule has 0 fully saturated rings. The number of nitrogens with zero attached hydrogens (tertiary/aromatic N) is 1. The molecule has 9 heteroatoms. The van der Waals surface area contributed by atoms with Crippen LogP contribution in [0.15, 0.2) is 40.1 Å². The average molecular weight is 397 g/mol. The zero-order valence-electron chi connectivity index (χ0n) is 13.3. The van der Waals surface area contributed by atoms with E-state index in [1.165, 1.54) is 0 Å². The van der Waals surface area contributed by atoms with Crippen molar-refractivity contribution in [3.05, 3.63) is 56.9 Å². The normalized spacial score (nSPS) is 17.1. The van der Waals surface area contributed by atoms with E-state index >= 15 is 0 Å². The molecule has 130 valence electrons. The summed E-state index contributed by atoms with van der Waals surface area (Å²) < 4.78 is 4.97. The second-order valence-electron chi connectivity index (χ2n) is 5.49. The lowest BCUT2D eigenvalue weighted by Crippen LogP contribution is -2.45. The molecule has 1 atom stereocenters. The van der Waals surface area contributed by atoms with Crippen LogP contribution < -0.4 is 16.0 Å². The molecule has 1 unspecified atom stereocenters. The van der Waals surface area contributed by atoms with Gasteiger partial charge in [0.15, 0.2) is 10.9 Å². The largest absolute Gasteiger partial charge is 0.360 e. The zero-order chi connectivity index (χ0) is 18.1. The summed E-state index contributed by atoms with van der Waals surface area (Å²) in [4.78, 5) is 12.8. The van der Waals surface area contributed by atoms with Gasteiger partial charge < -0.3 is 20.5 Å². The number of hydrogen-bond acceptors (Lipinski definition) is 4. The van der Waals surface area contributed by atoms with Gasteiger partial charge in [-0.3, -0.25) is 4.79 Å². The van der Waals surface area contributed by atoms with Crippen LogP contribution in [0.25, 0.3) is 0 Å². The third-order valence-corrected chi connectivity index (χ3v) is 4.73. The summed E-state index contributed by atoms with van der Waals surface area (Å²) >= 11 is 17.7. The van der Waals surface area contributed by atoms with Crippen LogP contribution in [0.3, 0.4) is 0 Å². The van der Waals surface area contributed by atoms with Gasteiger partial charge in [0, 0.05) is 11.8 Å². The lowest BCUT2D eigenvalue weighted by molar-refractivity contribution is -0.113. The van der Waals surface area contributed by atoms with E-state index in [0.29, 0.717) is 43.6 Å². The molecule has 2 heterocycles. The smallest absolute Gasteiger partial charge is 0.257 e. The summed E-state index contributed by atoms with van der Waals surface area (Å²) in [5.41, 5.74) is 1.69. The van der Waals surface area contributed by atoms with Crippen molar-refractivity contribution in [1.82, 2.24) is 15.8 Å². The van der Waals surface area contributed by atoms with E-state index in [2.05, 4.69) is 21.1 Å². The maximum atomic E-state index is 12.8. The van der Waals surface area contributed by atoms with Crippen molar-refractivity contribution in [2.75, 3.05) is 5.32 Å². The summed E-state index contributed by atoms with van der Waals surface area (Å²) in [5, 5.41) is 13.7. The minimum atomic E-state index is -0.548. The highest BCUT2D eigenvalue weighted by atomic mass is 35.5. The van der Waals surface area contributed by atoms with Crippen LogP contribution >= 0.6 is 35.4 Å². The fourth-order valence-corrected chi connectivity index (χ4v) is 3.27. The SMILES string of the molecule is CC1=C(C(=O)Nc2cc(C)on2)C(c2cccc(Cl)c2Cl)NC(=S)N1. The fraction of sp³-hybridized carbons (Fsp3) is 0.188. The number of anilines is 1. The average Bonchev–Trinajstić information content (AvgIpc) is 2.94. The molecule has 3 N–H and O–H groups in total. The highest BCUT2D eigenvalue weighted by Gasteiger charge is 2.32. The van der Waals surface area contributed by atoms with E-state index in [-0.39, 0.29) is 5.91 Å². The van der Waals surface area contributed by atoms with Crippen LogP contribution in [0, 0.1) is 6.92 Å². The van der Waals surface area contributed by atoms with Crippen LogP contribution in [0.4, 0.5) is 5.82 Å². The molecule has 1 aliphatic rings. The van der Waals surface area contributed by atoms with Crippen LogP contribution in [0.2, 0.25) is 10.0 Å². The van der Waals surface area contributed by atoms with Gasteiger partial charge in [-0.2, -0.15) is 0 Å². The summed E-state index contributed by atoms with van der Waals surface area (Å²) in [6.07, 6.45) is 0. The summed E-state index contributed by atoms with van der Waals surface area (Å²) in [5.74, 6) is 0.567. The number of carbonyl (C=O) groups is 1. The van der Waals surface area contributed by atoms with E-state index in [1.54, 1.807) is 38.1 Å². The van der Waals surface area contributed by atoms with Gasteiger partial charge >= 0.3 is 0 Å². The van der Waals surface area contributed by atoms with Gasteiger partial charge in [-0.25, -0.2) is 0 Å². The number of allylic oxidation sites excluding steroid dienone is 1. The maximum Gasteiger partial charge on any atom is 0.257 e. The van der Waals surface area contributed by atoms with E-state index in [0.717, 1.165) is 0 Å². The van der Waals surface area contributed by atoms with Crippen LogP contribution in [0.5, 0.6) is 0 Å². The van der Waals surface area contributed by atoms with Gasteiger partial charge in [0.1, 0.15) is 5.76 Å². The van der Waals surface area contributed by atoms with Crippen molar-refractivity contribution in [2.45, 2.75) is 19.9 Å². The Morgan fingerprint density at radius 1 is 1.36 bits per heavy atom. The first-order valence-corrected chi connectivity index (χ1v) is 8.50. The molecule has 3 rings (SSSR count). The first-order chi connectivity index (χ1) is 11.9. The van der Waals surface area contributed by atoms with Gasteiger partial charge in [0.2, 0.25) is 0 Å². The number of carbonyl (C=O) groups excluding carboxylic acids is 1. The van der Waals surface area contributed by atoms with Gasteiger partial charge in [-0.1, -0.05) is 40.5 Å². The number of hydrogen-bond donors (Lipinski definition) is 3. The lowest BCUT2D eigenvalue weighted by atomic mass is 9.95. The van der Waals surface area contributed by atoms with Crippen molar-refractivity contribution in [3.8, 4) is 0 Å². The molecule has 0 radical (unpaired) electrons. The van der Waals surface area contributed by atoms with Crippen molar-refractivity contribution in [2.24, 2.45) is 0 Å². The number of aromatic nitrogens is 1. The number of rotatable bonds is 3. The molecule has 1 aromatic carbocycles. The molecule has 0 saturated heterocycles. The van der Waals surface area contributed by atoms with Gasteiger partial charge in [-0.05, 0) is 37.7 Å². The Morgan fingerprint density at radius 3 is 2.80 bits per heavy atom. The number of amides is 1. The molecule has 0 saturated carbocycles. The lowest BCUT2D eigenvalue weighted by Gasteiger charge is -2.30. The Balaban J connectivity index is 2.00. The van der Waals surface area contributed by atoms with Crippen LogP contribution in [-0.2, 0) is 4.79 Å². The molecule has 25 heavy (non-hydrogen) atoms. The highest BCUT2D eigenvalue weighted by molar-refractivity contribution is 7.80. The third kappa shape index (κ3) is 3.63. The minimum absolute atomic E-state index is 0.326. The van der Waals surface area contributed by atoms with Gasteiger partial charge in [-0.15, -0.1) is 0 Å². The molecular formula is C16H14Cl2N4O2S. The standard InChI is InChI=1S/C16H14Cl2N4O2S/c1-7-6-11(22-24-7)20-15(23)12-8(2)19-16(25)21-14(12)9-4-3-5-10(17)13(9)18/h3-6,14H,1-2H3,(H2,19,21,25)(H,20,22,23). The second kappa shape index (κ2) is 7.03. The second-order valence-corrected chi connectivity index (χ2v) is 6.68. The molecule has 1 aromatic heterocycles. The first-order valence-electron chi connectivity index (χ1n) is 7.33. The Bertz CT molecular complexity index is 894. The molecule has 2 aromatic rings. The molecule has 1 amide bonds. The number of benzene rings is 1. The molecular weight excluding hydrogens is 383 g/mol. The predicted molar refractivity (Wildman–Crippen MR) is 101 cm³/mol. The Morgan fingerprint density at radius 2 is 2.12 bits per heavy atom. The number of thiocarbonyl (C=S) groups is 1. The fourth-order valence-electron chi connectivity index (χ4n) is 2.58. The quantitative estimate of drug-likeness (QED) is 0.686. The predicted octanol–water partition coefficient (Wildman–Crippen LogP) is 3.72. The number of aryl methyl sites for hydroxylation is 1. The van der Waals surface area contributed by atoms with Crippen molar-refractivity contribution in [1.29, 1.82) is 0 Å². The van der Waals surface area contributed by atoms with Crippen molar-refractivity contribution in [3.63, 3.8) is 0 Å². The first kappa shape index (κ1) is 17.7. The van der Waals surface area contributed by atoms with E-state index in [9.17, 15) is 4.79 Å². The van der Waals surface area contributed by atoms with Crippen molar-refractivity contribution < 1.29 is 9.32 Å². The zero-order valence-corrected chi connectivity index (χ0v) is 15.6. The number of halogens is 2. The summed E-state index contributed by atoms with van der Waals surface area (Å²) in [6, 6.07) is 6.32. The Labute approximate surface area is 159 Å². The van der Waals surface area contributed by atoms with Crippen LogP contribution in [-0.4, -0.2) is 16.2 Å². The molecule has 0 aliphatic carbocycles. The summed E-state index contributed by atoms with van der Waals surface area (Å²) in [7, 11) is 0. The third-order valence-electron chi connectivity index (χ3n) is 3.68.